The summed E-state index contributed by atoms with van der Waals surface area (Å²) in [5.41, 5.74) is 6.80. The molecule has 5 heteroatoms. The number of ether oxygens (including phenoxy) is 1. The van der Waals surface area contributed by atoms with Crippen molar-refractivity contribution in [2.45, 2.75) is 33.6 Å². The minimum absolute atomic E-state index is 0.0650. The lowest BCUT2D eigenvalue weighted by atomic mass is 9.85. The predicted octanol–water partition coefficient (Wildman–Crippen LogP) is 4.54. The lowest BCUT2D eigenvalue weighted by Crippen LogP contribution is -2.27. The molecule has 1 N–H and O–H groups in total. The number of amides is 1. The summed E-state index contributed by atoms with van der Waals surface area (Å²) >= 11 is 3.43. The molecule has 1 aromatic rings. The first kappa shape index (κ1) is 18.5. The van der Waals surface area contributed by atoms with Crippen molar-refractivity contribution in [1.82, 2.24) is 5.43 Å². The van der Waals surface area contributed by atoms with E-state index in [1.54, 1.807) is 0 Å². The van der Waals surface area contributed by atoms with Crippen molar-refractivity contribution < 1.29 is 9.53 Å². The maximum atomic E-state index is 11.9. The first-order valence-electron chi connectivity index (χ1n) is 7.93. The number of allylic oxidation sites excluding steroid dienone is 3. The molecule has 1 aliphatic rings. The van der Waals surface area contributed by atoms with E-state index in [0.717, 1.165) is 39.7 Å². The van der Waals surface area contributed by atoms with E-state index in [4.69, 9.17) is 4.74 Å². The summed E-state index contributed by atoms with van der Waals surface area (Å²) in [5, 5.41) is 4.26. The standard InChI is InChI=1S/C19H23BrN2O2/c1-12(2)15-6-5-13(3)18(10-15)21-22-19(23)11-24-16-7-8-17(20)14(4)9-16/h5,7-9,15H,1,6,10-11H2,2-4H3,(H,22,23)/b21-18+. The topological polar surface area (TPSA) is 50.7 Å². The molecule has 0 fully saturated rings. The van der Waals surface area contributed by atoms with Crippen LogP contribution in [0.1, 0.15) is 32.3 Å². The molecule has 1 aromatic carbocycles. The van der Waals surface area contributed by atoms with Crippen LogP contribution in [0.25, 0.3) is 0 Å². The maximum Gasteiger partial charge on any atom is 0.277 e. The zero-order valence-corrected chi connectivity index (χ0v) is 15.9. The van der Waals surface area contributed by atoms with E-state index in [1.165, 1.54) is 0 Å². The molecule has 0 spiro atoms. The van der Waals surface area contributed by atoms with Gasteiger partial charge in [0, 0.05) is 4.47 Å². The van der Waals surface area contributed by atoms with Crippen molar-refractivity contribution in [3.8, 4) is 5.75 Å². The van der Waals surface area contributed by atoms with Gasteiger partial charge in [0.25, 0.3) is 5.91 Å². The number of hydrazone groups is 1. The summed E-state index contributed by atoms with van der Waals surface area (Å²) in [4.78, 5) is 11.9. The van der Waals surface area contributed by atoms with Gasteiger partial charge < -0.3 is 4.74 Å². The molecule has 0 bridgehead atoms. The molecule has 0 aliphatic heterocycles. The van der Waals surface area contributed by atoms with E-state index in [-0.39, 0.29) is 12.5 Å². The van der Waals surface area contributed by atoms with Crippen LogP contribution in [0.2, 0.25) is 0 Å². The van der Waals surface area contributed by atoms with Crippen molar-refractivity contribution in [1.29, 1.82) is 0 Å². The van der Waals surface area contributed by atoms with Gasteiger partial charge in [0.1, 0.15) is 5.75 Å². The molecule has 24 heavy (non-hydrogen) atoms. The van der Waals surface area contributed by atoms with Gasteiger partial charge in [0.2, 0.25) is 0 Å². The van der Waals surface area contributed by atoms with Crippen LogP contribution in [0.3, 0.4) is 0 Å². The van der Waals surface area contributed by atoms with Gasteiger partial charge in [-0.05, 0) is 68.9 Å². The SMILES string of the molecule is C=C(C)C1CC=C(C)/C(=N/NC(=O)COc2ccc(Br)c(C)c2)C1. The van der Waals surface area contributed by atoms with E-state index in [0.29, 0.717) is 11.7 Å². The number of nitrogens with zero attached hydrogens (tertiary/aromatic N) is 1. The number of hydrogen-bond donors (Lipinski definition) is 1. The highest BCUT2D eigenvalue weighted by atomic mass is 79.9. The van der Waals surface area contributed by atoms with Crippen LogP contribution in [-0.4, -0.2) is 18.2 Å². The molecule has 0 heterocycles. The van der Waals surface area contributed by atoms with E-state index >= 15 is 0 Å². The van der Waals surface area contributed by atoms with Crippen LogP contribution in [-0.2, 0) is 4.79 Å². The maximum absolute atomic E-state index is 11.9. The molecule has 1 unspecified atom stereocenters. The summed E-state index contributed by atoms with van der Waals surface area (Å²) in [6, 6.07) is 5.60. The minimum Gasteiger partial charge on any atom is -0.484 e. The lowest BCUT2D eigenvalue weighted by Gasteiger charge is -2.22. The van der Waals surface area contributed by atoms with E-state index in [9.17, 15) is 4.79 Å². The zero-order valence-electron chi connectivity index (χ0n) is 14.4. The Hall–Kier alpha value is -1.88. The van der Waals surface area contributed by atoms with Crippen LogP contribution < -0.4 is 10.2 Å². The Kier molecular flexibility index (Phi) is 6.37. The fourth-order valence-electron chi connectivity index (χ4n) is 2.44. The summed E-state index contributed by atoms with van der Waals surface area (Å²) in [5.74, 6) is 0.786. The molecule has 1 atom stereocenters. The molecule has 1 aliphatic carbocycles. The number of aryl methyl sites for hydroxylation is 1. The molecule has 0 saturated carbocycles. The Balaban J connectivity index is 1.90. The number of benzene rings is 1. The van der Waals surface area contributed by atoms with Crippen molar-refractivity contribution in [2.24, 2.45) is 11.0 Å². The number of carbonyl (C=O) groups excluding carboxylic acids is 1. The van der Waals surface area contributed by atoms with Crippen LogP contribution in [0, 0.1) is 12.8 Å². The van der Waals surface area contributed by atoms with Crippen LogP contribution in [0.4, 0.5) is 0 Å². The summed E-state index contributed by atoms with van der Waals surface area (Å²) < 4.78 is 6.51. The first-order valence-corrected chi connectivity index (χ1v) is 8.73. The summed E-state index contributed by atoms with van der Waals surface area (Å²) in [6.45, 7) is 9.97. The Morgan fingerprint density at radius 1 is 1.46 bits per heavy atom. The van der Waals surface area contributed by atoms with E-state index in [1.807, 2.05) is 39.0 Å². The molecular weight excluding hydrogens is 368 g/mol. The monoisotopic (exact) mass is 390 g/mol. The van der Waals surface area contributed by atoms with Gasteiger partial charge in [0.15, 0.2) is 6.61 Å². The van der Waals surface area contributed by atoms with Crippen molar-refractivity contribution in [2.75, 3.05) is 6.61 Å². The second-order valence-corrected chi connectivity index (χ2v) is 7.02. The highest BCUT2D eigenvalue weighted by Gasteiger charge is 2.18. The summed E-state index contributed by atoms with van der Waals surface area (Å²) in [6.07, 6.45) is 3.94. The van der Waals surface area contributed by atoms with Gasteiger partial charge in [-0.3, -0.25) is 4.79 Å². The number of nitrogens with one attached hydrogen (secondary N) is 1. The van der Waals surface area contributed by atoms with E-state index in [2.05, 4.69) is 39.1 Å². The highest BCUT2D eigenvalue weighted by Crippen LogP contribution is 2.26. The second-order valence-electron chi connectivity index (χ2n) is 6.16. The number of rotatable bonds is 5. The number of halogens is 1. The average Bonchev–Trinajstić information content (AvgIpc) is 2.55. The van der Waals surface area contributed by atoms with Crippen molar-refractivity contribution in [3.05, 3.63) is 52.0 Å². The number of hydrogen-bond acceptors (Lipinski definition) is 3. The summed E-state index contributed by atoms with van der Waals surface area (Å²) in [7, 11) is 0. The van der Waals surface area contributed by atoms with E-state index < -0.39 is 0 Å². The molecule has 0 aromatic heterocycles. The molecular formula is C19H23BrN2O2. The fourth-order valence-corrected chi connectivity index (χ4v) is 2.69. The van der Waals surface area contributed by atoms with Crippen molar-refractivity contribution in [3.63, 3.8) is 0 Å². The Bertz CT molecular complexity index is 707. The quantitative estimate of drug-likeness (QED) is 0.592. The van der Waals surface area contributed by atoms with Gasteiger partial charge >= 0.3 is 0 Å². The van der Waals surface area contributed by atoms with Crippen LogP contribution in [0.15, 0.2) is 51.6 Å². The fraction of sp³-hybridized carbons (Fsp3) is 0.368. The molecule has 128 valence electrons. The lowest BCUT2D eigenvalue weighted by molar-refractivity contribution is -0.123. The number of carbonyl (C=O) groups is 1. The molecule has 0 radical (unpaired) electrons. The molecule has 1 amide bonds. The van der Waals surface area contributed by atoms with Crippen LogP contribution in [0.5, 0.6) is 5.75 Å². The van der Waals surface area contributed by atoms with Crippen molar-refractivity contribution >= 4 is 27.5 Å². The van der Waals surface area contributed by atoms with Gasteiger partial charge in [-0.1, -0.05) is 34.2 Å². The smallest absolute Gasteiger partial charge is 0.277 e. The first-order chi connectivity index (χ1) is 11.4. The Morgan fingerprint density at radius 3 is 2.88 bits per heavy atom. The zero-order chi connectivity index (χ0) is 17.7. The Labute approximate surface area is 151 Å². The minimum atomic E-state index is -0.270. The van der Waals surface area contributed by atoms with Gasteiger partial charge in [-0.2, -0.15) is 5.10 Å². The third kappa shape index (κ3) is 5.06. The Morgan fingerprint density at radius 2 is 2.21 bits per heavy atom. The van der Waals surface area contributed by atoms with Crippen LogP contribution >= 0.6 is 15.9 Å². The predicted molar refractivity (Wildman–Crippen MR) is 101 cm³/mol. The van der Waals surface area contributed by atoms with Gasteiger partial charge in [0.05, 0.1) is 5.71 Å². The largest absolute Gasteiger partial charge is 0.484 e. The van der Waals surface area contributed by atoms with Gasteiger partial charge in [-0.25, -0.2) is 5.43 Å². The average molecular weight is 391 g/mol. The molecule has 2 rings (SSSR count). The third-order valence-corrected chi connectivity index (χ3v) is 5.01. The third-order valence-electron chi connectivity index (χ3n) is 4.12. The second kappa shape index (κ2) is 8.29. The molecule has 0 saturated heterocycles. The highest BCUT2D eigenvalue weighted by molar-refractivity contribution is 9.10. The molecule has 4 nitrogen and oxygen atoms in total. The normalized spacial score (nSPS) is 18.9. The van der Waals surface area contributed by atoms with Gasteiger partial charge in [-0.15, -0.1) is 0 Å².